The molecule has 0 aromatic rings. The molecule has 304 valence electrons. The molecule has 1 unspecified atom stereocenters. The van der Waals surface area contributed by atoms with E-state index in [2.05, 4.69) is 4.84 Å². The third kappa shape index (κ3) is 6.18. The van der Waals surface area contributed by atoms with Gasteiger partial charge in [-0.25, -0.2) is 12.8 Å². The van der Waals surface area contributed by atoms with E-state index in [1.807, 2.05) is 0 Å². The van der Waals surface area contributed by atoms with Gasteiger partial charge in [-0.1, -0.05) is 19.3 Å². The van der Waals surface area contributed by atoms with Crippen LogP contribution >= 0.6 is 0 Å². The summed E-state index contributed by atoms with van der Waals surface area (Å²) in [6, 6.07) is 0. The summed E-state index contributed by atoms with van der Waals surface area (Å²) in [5, 5.41) is -3.02. The Bertz CT molecular complexity index is 1400. The molecule has 1 atom stereocenters. The van der Waals surface area contributed by atoms with Gasteiger partial charge in [0.2, 0.25) is 0 Å². The smallest absolute Gasteiger partial charge is 0.350 e. The number of sulfonamides is 1. The van der Waals surface area contributed by atoms with Crippen LogP contribution in [0.15, 0.2) is 0 Å². The highest BCUT2D eigenvalue weighted by Crippen LogP contribution is 2.68. The summed E-state index contributed by atoms with van der Waals surface area (Å²) >= 11 is 0. The van der Waals surface area contributed by atoms with Crippen LogP contribution in [0.4, 0.5) is 110 Å². The zero-order valence-corrected chi connectivity index (χ0v) is 24.4. The summed E-state index contributed by atoms with van der Waals surface area (Å²) in [6.45, 7) is -0.521. The van der Waals surface area contributed by atoms with Gasteiger partial charge in [0.1, 0.15) is 0 Å². The lowest BCUT2D eigenvalue weighted by Gasteiger charge is -2.49. The van der Waals surface area contributed by atoms with Gasteiger partial charge in [-0.3, -0.25) is 4.79 Å². The van der Waals surface area contributed by atoms with Gasteiger partial charge in [-0.2, -0.15) is 105 Å². The van der Waals surface area contributed by atoms with Crippen molar-refractivity contribution in [3.05, 3.63) is 0 Å². The summed E-state index contributed by atoms with van der Waals surface area (Å²) < 4.78 is 369. The minimum absolute atomic E-state index is 0.190. The molecule has 5 nitrogen and oxygen atoms in total. The Hall–Kier alpha value is -2.37. The van der Waals surface area contributed by atoms with E-state index in [4.69, 9.17) is 0 Å². The molecule has 1 aliphatic carbocycles. The van der Waals surface area contributed by atoms with Crippen molar-refractivity contribution in [3.8, 4) is 0 Å². The molecule has 0 N–H and O–H groups in total. The van der Waals surface area contributed by atoms with Crippen molar-refractivity contribution >= 4 is 16.0 Å². The van der Waals surface area contributed by atoms with Gasteiger partial charge < -0.3 is 4.84 Å². The first kappa shape index (κ1) is 46.7. The second-order valence-corrected chi connectivity index (χ2v) is 12.4. The average molecular weight is 839 g/mol. The maximum atomic E-state index is 16.1. The number of rotatable bonds is 13. The molecule has 0 bridgehead atoms. The molecule has 51 heavy (non-hydrogen) atoms. The molecule has 0 aromatic heterocycles. The van der Waals surface area contributed by atoms with Crippen molar-refractivity contribution in [3.63, 3.8) is 0 Å². The highest BCUT2D eigenvalue weighted by Gasteiger charge is 3.01. The van der Waals surface area contributed by atoms with Crippen molar-refractivity contribution in [2.45, 2.75) is 116 Å². The van der Waals surface area contributed by atoms with Gasteiger partial charge in [-0.15, -0.1) is 0 Å². The normalized spacial score (nSPS) is 19.3. The summed E-state index contributed by atoms with van der Waals surface area (Å²) in [6.07, 6.45) is -20.7. The molecule has 0 aliphatic heterocycles. The number of nitrogens with zero attached hydrogens (tertiary/aromatic N) is 1. The van der Waals surface area contributed by atoms with Crippen LogP contribution in [-0.4, -0.2) is 95.6 Å². The van der Waals surface area contributed by atoms with Crippen LogP contribution in [0.25, 0.3) is 0 Å². The Kier molecular flexibility index (Phi) is 11.5. The third-order valence-corrected chi connectivity index (χ3v) is 9.07. The van der Waals surface area contributed by atoms with Gasteiger partial charge in [-0.05, 0) is 12.8 Å². The SMILES string of the molecule is CC(=O)ON(C(F)(C(F)(F)C(F)(F)C(F)(F)F)C(F)(F)C(F)(F)C(F)(F)C(F)(F)C(F)(F)C(F)(F)C(F)(F)C(F)(F)F)S(=O)(=O)C1CCCCC1. The minimum atomic E-state index is -9.84. The van der Waals surface area contributed by atoms with E-state index in [1.165, 1.54) is 0 Å². The standard InChI is InChI=1S/C20H14F25NO4S/c1-7(47)50-46(51(48,49)8-5-3-2-4-6-8)18(39,15(33,34)17(37,38)20(43,44)45)14(31,32)12(27,28)10(23,24)9(21,22)11(25,26)13(29,30)16(35,36)19(40,41)42/h8H,2-6H2,1H3. The molecule has 0 spiro atoms. The first-order valence-corrected chi connectivity index (χ1v) is 13.9. The Morgan fingerprint density at radius 3 is 1.02 bits per heavy atom. The van der Waals surface area contributed by atoms with Crippen LogP contribution in [0.3, 0.4) is 0 Å². The van der Waals surface area contributed by atoms with Crippen LogP contribution < -0.4 is 0 Å². The molecule has 0 heterocycles. The summed E-state index contributed by atoms with van der Waals surface area (Å²) in [5.74, 6) is -96.9. The van der Waals surface area contributed by atoms with Gasteiger partial charge >= 0.3 is 77.4 Å². The lowest BCUT2D eigenvalue weighted by Crippen LogP contribution is -2.82. The second kappa shape index (κ2) is 12.6. The van der Waals surface area contributed by atoms with Crippen LogP contribution in [0.1, 0.15) is 39.0 Å². The van der Waals surface area contributed by atoms with Gasteiger partial charge in [0.15, 0.2) is 0 Å². The van der Waals surface area contributed by atoms with Crippen LogP contribution in [0.2, 0.25) is 0 Å². The number of alkyl halides is 25. The van der Waals surface area contributed by atoms with E-state index in [1.54, 1.807) is 0 Å². The van der Waals surface area contributed by atoms with E-state index < -0.39 is 130 Å². The number of hydroxylamine groups is 1. The van der Waals surface area contributed by atoms with E-state index in [0.717, 1.165) is 0 Å². The third-order valence-electron chi connectivity index (χ3n) is 6.97. The number of hydrogen-bond donors (Lipinski definition) is 0. The quantitative estimate of drug-likeness (QED) is 0.106. The Morgan fingerprint density at radius 1 is 0.471 bits per heavy atom. The molecule has 1 saturated carbocycles. The molecule has 1 fully saturated rings. The molecular weight excluding hydrogens is 825 g/mol. The molecule has 0 amide bonds. The highest BCUT2D eigenvalue weighted by molar-refractivity contribution is 7.89. The Balaban J connectivity index is 4.50. The first-order chi connectivity index (χ1) is 21.9. The van der Waals surface area contributed by atoms with Crippen LogP contribution in [0.5, 0.6) is 0 Å². The van der Waals surface area contributed by atoms with Crippen molar-refractivity contribution in [1.82, 2.24) is 4.47 Å². The van der Waals surface area contributed by atoms with Crippen LogP contribution in [0, 0.1) is 0 Å². The lowest BCUT2D eigenvalue weighted by molar-refractivity contribution is -0.489. The fourth-order valence-corrected chi connectivity index (χ4v) is 6.08. The maximum absolute atomic E-state index is 16.1. The lowest BCUT2D eigenvalue weighted by atomic mass is 9.83. The minimum Gasteiger partial charge on any atom is -0.350 e. The molecular formula is C20H14F25NO4S. The maximum Gasteiger partial charge on any atom is 0.460 e. The molecule has 1 aliphatic rings. The topological polar surface area (TPSA) is 63.7 Å². The number of halogens is 25. The van der Waals surface area contributed by atoms with E-state index >= 15 is 13.2 Å². The van der Waals surface area contributed by atoms with Gasteiger partial charge in [0.05, 0.1) is 5.25 Å². The van der Waals surface area contributed by atoms with Crippen LogP contribution in [-0.2, 0) is 19.7 Å². The second-order valence-electron chi connectivity index (χ2n) is 10.4. The number of carbonyl (C=O) groups excluding carboxylic acids is 1. The molecule has 0 aromatic carbocycles. The largest absolute Gasteiger partial charge is 0.460 e. The molecule has 31 heteroatoms. The van der Waals surface area contributed by atoms with Gasteiger partial charge in [0, 0.05) is 11.4 Å². The fraction of sp³-hybridized carbons (Fsp3) is 0.950. The highest BCUT2D eigenvalue weighted by atomic mass is 32.2. The van der Waals surface area contributed by atoms with Crippen molar-refractivity contribution in [2.75, 3.05) is 0 Å². The van der Waals surface area contributed by atoms with Crippen molar-refractivity contribution in [2.24, 2.45) is 0 Å². The average Bonchev–Trinajstić information content (AvgIpc) is 2.93. The van der Waals surface area contributed by atoms with E-state index in [9.17, 15) is 110 Å². The van der Waals surface area contributed by atoms with E-state index in [0.29, 0.717) is 0 Å². The zero-order valence-electron chi connectivity index (χ0n) is 23.6. The summed E-state index contributed by atoms with van der Waals surface area (Å²) in [7, 11) is -7.38. The fourth-order valence-electron chi connectivity index (χ4n) is 4.09. The first-order valence-electron chi connectivity index (χ1n) is 12.4. The molecule has 0 saturated heterocycles. The summed E-state index contributed by atoms with van der Waals surface area (Å²) in [5.41, 5.74) is 0. The predicted molar refractivity (Wildman–Crippen MR) is 110 cm³/mol. The zero-order chi connectivity index (χ0) is 41.5. The summed E-state index contributed by atoms with van der Waals surface area (Å²) in [4.78, 5) is 14.3. The Morgan fingerprint density at radius 2 is 0.725 bits per heavy atom. The Labute approximate surface area is 265 Å². The molecule has 1 rings (SSSR count). The van der Waals surface area contributed by atoms with Crippen molar-refractivity contribution in [1.29, 1.82) is 0 Å². The predicted octanol–water partition coefficient (Wildman–Crippen LogP) is 8.94. The number of hydrogen-bond acceptors (Lipinski definition) is 4. The molecule has 0 radical (unpaired) electrons. The van der Waals surface area contributed by atoms with Crippen molar-refractivity contribution < 1.29 is 128 Å². The number of carbonyl (C=O) groups is 1. The monoisotopic (exact) mass is 839 g/mol. The van der Waals surface area contributed by atoms with E-state index in [-0.39, 0.29) is 6.42 Å². The van der Waals surface area contributed by atoms with Gasteiger partial charge in [0.25, 0.3) is 10.0 Å².